The molecule has 1 aromatic heterocycles. The molecule has 2 unspecified atom stereocenters. The molecular formula is C22H39N5O2. The quantitative estimate of drug-likeness (QED) is 0.511. The number of aliphatic imine (C=N–C) groups is 1. The Hall–Kier alpha value is -1.57. The van der Waals surface area contributed by atoms with Gasteiger partial charge in [0.2, 0.25) is 0 Å². The van der Waals surface area contributed by atoms with Crippen LogP contribution in [-0.2, 0) is 4.74 Å². The van der Waals surface area contributed by atoms with Gasteiger partial charge in [-0.1, -0.05) is 20.3 Å². The largest absolute Gasteiger partial charge is 0.468 e. The number of likely N-dealkylation sites (tertiary alicyclic amines) is 1. The number of furan rings is 1. The molecule has 2 fully saturated rings. The highest BCUT2D eigenvalue weighted by atomic mass is 16.5. The zero-order valence-electron chi connectivity index (χ0n) is 18.4. The van der Waals surface area contributed by atoms with Crippen molar-refractivity contribution in [3.8, 4) is 0 Å². The molecule has 2 aliphatic rings. The van der Waals surface area contributed by atoms with Crippen LogP contribution in [0.5, 0.6) is 0 Å². The Labute approximate surface area is 175 Å². The molecule has 0 radical (unpaired) electrons. The van der Waals surface area contributed by atoms with Crippen molar-refractivity contribution in [1.82, 2.24) is 20.4 Å². The van der Waals surface area contributed by atoms with Gasteiger partial charge in [-0.05, 0) is 44.0 Å². The van der Waals surface area contributed by atoms with Crippen molar-refractivity contribution < 1.29 is 9.15 Å². The van der Waals surface area contributed by atoms with E-state index in [2.05, 4.69) is 45.3 Å². The maximum absolute atomic E-state index is 5.76. The number of hydrogen-bond acceptors (Lipinski definition) is 5. The lowest BCUT2D eigenvalue weighted by molar-refractivity contribution is 0.00751. The maximum atomic E-state index is 5.76. The van der Waals surface area contributed by atoms with Crippen LogP contribution < -0.4 is 10.6 Å². The first-order valence-electron chi connectivity index (χ1n) is 11.2. The van der Waals surface area contributed by atoms with Gasteiger partial charge in [0.25, 0.3) is 0 Å². The highest BCUT2D eigenvalue weighted by Crippen LogP contribution is 2.24. The number of nitrogens with zero attached hydrogens (tertiary/aromatic N) is 3. The molecule has 2 aliphatic heterocycles. The first kappa shape index (κ1) is 22.1. The summed E-state index contributed by atoms with van der Waals surface area (Å²) in [6.07, 6.45) is 5.63. The minimum Gasteiger partial charge on any atom is -0.468 e. The van der Waals surface area contributed by atoms with E-state index in [1.807, 2.05) is 13.1 Å². The monoisotopic (exact) mass is 405 g/mol. The number of guanidine groups is 1. The van der Waals surface area contributed by atoms with Crippen LogP contribution >= 0.6 is 0 Å². The molecule has 164 valence electrons. The standard InChI is InChI=1S/C22H39N5O2/c1-18(2)19(27-11-14-28-15-12-27)16-24-22(23-3)25-17-20(21-8-7-13-29-21)26-9-5-4-6-10-26/h7-8,13,18-20H,4-6,9-12,14-17H2,1-3H3,(H2,23,24,25). The fourth-order valence-electron chi connectivity index (χ4n) is 4.43. The number of piperidine rings is 1. The molecule has 3 rings (SSSR count). The SMILES string of the molecule is CN=C(NCC(c1ccco1)N1CCCCC1)NCC(C(C)C)N1CCOCC1. The topological polar surface area (TPSA) is 65.3 Å². The van der Waals surface area contributed by atoms with Crippen LogP contribution in [0.15, 0.2) is 27.8 Å². The third kappa shape index (κ3) is 6.46. The second-order valence-electron chi connectivity index (χ2n) is 8.42. The molecule has 0 spiro atoms. The zero-order chi connectivity index (χ0) is 20.5. The van der Waals surface area contributed by atoms with E-state index in [1.165, 1.54) is 19.3 Å². The minimum atomic E-state index is 0.240. The van der Waals surface area contributed by atoms with Crippen LogP contribution in [-0.4, -0.2) is 81.3 Å². The molecule has 0 bridgehead atoms. The highest BCUT2D eigenvalue weighted by molar-refractivity contribution is 5.79. The number of ether oxygens (including phenoxy) is 1. The van der Waals surface area contributed by atoms with Crippen molar-refractivity contribution >= 4 is 5.96 Å². The summed E-state index contributed by atoms with van der Waals surface area (Å²) >= 11 is 0. The molecule has 0 aliphatic carbocycles. The van der Waals surface area contributed by atoms with E-state index in [9.17, 15) is 0 Å². The van der Waals surface area contributed by atoms with E-state index >= 15 is 0 Å². The van der Waals surface area contributed by atoms with E-state index in [0.717, 1.165) is 64.2 Å². The Balaban J connectivity index is 1.55. The summed E-state index contributed by atoms with van der Waals surface area (Å²) < 4.78 is 11.3. The Kier molecular flexibility index (Phi) is 8.83. The lowest BCUT2D eigenvalue weighted by Crippen LogP contribution is -2.53. The average molecular weight is 406 g/mol. The van der Waals surface area contributed by atoms with Gasteiger partial charge in [0.15, 0.2) is 5.96 Å². The lowest BCUT2D eigenvalue weighted by atomic mass is 10.0. The molecule has 2 N–H and O–H groups in total. The molecule has 7 heteroatoms. The normalized spacial score (nSPS) is 21.9. The number of nitrogens with one attached hydrogen (secondary N) is 2. The summed E-state index contributed by atoms with van der Waals surface area (Å²) in [6, 6.07) is 4.78. The van der Waals surface area contributed by atoms with E-state index in [0.29, 0.717) is 12.0 Å². The molecule has 7 nitrogen and oxygen atoms in total. The van der Waals surface area contributed by atoms with E-state index < -0.39 is 0 Å². The van der Waals surface area contributed by atoms with Gasteiger partial charge in [-0.3, -0.25) is 14.8 Å². The molecular weight excluding hydrogens is 366 g/mol. The van der Waals surface area contributed by atoms with E-state index in [4.69, 9.17) is 9.15 Å². The van der Waals surface area contributed by atoms with Crippen molar-refractivity contribution in [2.24, 2.45) is 10.9 Å². The van der Waals surface area contributed by atoms with Crippen LogP contribution in [0, 0.1) is 5.92 Å². The van der Waals surface area contributed by atoms with Crippen molar-refractivity contribution in [1.29, 1.82) is 0 Å². The van der Waals surface area contributed by atoms with Gasteiger partial charge >= 0.3 is 0 Å². The Morgan fingerprint density at radius 2 is 1.76 bits per heavy atom. The second-order valence-corrected chi connectivity index (χ2v) is 8.42. The van der Waals surface area contributed by atoms with E-state index in [1.54, 1.807) is 6.26 Å². The van der Waals surface area contributed by atoms with Crippen molar-refractivity contribution in [2.75, 3.05) is 59.5 Å². The second kappa shape index (κ2) is 11.6. The third-order valence-electron chi connectivity index (χ3n) is 6.15. The summed E-state index contributed by atoms with van der Waals surface area (Å²) in [5, 5.41) is 7.11. The van der Waals surface area contributed by atoms with Gasteiger partial charge in [-0.2, -0.15) is 0 Å². The van der Waals surface area contributed by atoms with Crippen LogP contribution in [0.2, 0.25) is 0 Å². The first-order chi connectivity index (χ1) is 14.2. The summed E-state index contributed by atoms with van der Waals surface area (Å²) in [5.41, 5.74) is 0. The molecule has 2 saturated heterocycles. The third-order valence-corrected chi connectivity index (χ3v) is 6.15. The first-order valence-corrected chi connectivity index (χ1v) is 11.2. The fraction of sp³-hybridized carbons (Fsp3) is 0.773. The zero-order valence-corrected chi connectivity index (χ0v) is 18.4. The molecule has 0 saturated carbocycles. The summed E-state index contributed by atoms with van der Waals surface area (Å²) in [7, 11) is 1.84. The van der Waals surface area contributed by atoms with Gasteiger partial charge in [0.05, 0.1) is 25.5 Å². The van der Waals surface area contributed by atoms with Crippen molar-refractivity contribution in [3.63, 3.8) is 0 Å². The predicted octanol–water partition coefficient (Wildman–Crippen LogP) is 2.33. The number of morpholine rings is 1. The molecule has 29 heavy (non-hydrogen) atoms. The Morgan fingerprint density at radius 3 is 2.38 bits per heavy atom. The van der Waals surface area contributed by atoms with Crippen LogP contribution in [0.4, 0.5) is 0 Å². The minimum absolute atomic E-state index is 0.240. The van der Waals surface area contributed by atoms with Crippen LogP contribution in [0.25, 0.3) is 0 Å². The van der Waals surface area contributed by atoms with Crippen LogP contribution in [0.1, 0.15) is 44.9 Å². The Morgan fingerprint density at radius 1 is 1.03 bits per heavy atom. The van der Waals surface area contributed by atoms with E-state index in [-0.39, 0.29) is 6.04 Å². The van der Waals surface area contributed by atoms with Gasteiger partial charge in [0, 0.05) is 39.3 Å². The molecule has 1 aromatic rings. The lowest BCUT2D eigenvalue weighted by Gasteiger charge is -2.37. The maximum Gasteiger partial charge on any atom is 0.191 e. The Bertz CT molecular complexity index is 592. The van der Waals surface area contributed by atoms with Gasteiger partial charge < -0.3 is 19.8 Å². The van der Waals surface area contributed by atoms with Crippen molar-refractivity contribution in [2.45, 2.75) is 45.2 Å². The summed E-state index contributed by atoms with van der Waals surface area (Å²) in [4.78, 5) is 9.54. The summed E-state index contributed by atoms with van der Waals surface area (Å²) in [5.74, 6) is 2.46. The van der Waals surface area contributed by atoms with Gasteiger partial charge in [0.1, 0.15) is 5.76 Å². The van der Waals surface area contributed by atoms with Gasteiger partial charge in [-0.15, -0.1) is 0 Å². The molecule has 3 heterocycles. The number of hydrogen-bond donors (Lipinski definition) is 2. The van der Waals surface area contributed by atoms with Gasteiger partial charge in [-0.25, -0.2) is 0 Å². The fourth-order valence-corrected chi connectivity index (χ4v) is 4.43. The predicted molar refractivity (Wildman–Crippen MR) is 117 cm³/mol. The highest BCUT2D eigenvalue weighted by Gasteiger charge is 2.26. The number of rotatable bonds is 8. The van der Waals surface area contributed by atoms with Crippen LogP contribution in [0.3, 0.4) is 0 Å². The molecule has 0 aromatic carbocycles. The van der Waals surface area contributed by atoms with Crippen molar-refractivity contribution in [3.05, 3.63) is 24.2 Å². The molecule has 2 atom stereocenters. The summed E-state index contributed by atoms with van der Waals surface area (Å²) in [6.45, 7) is 12.2. The average Bonchev–Trinajstić information content (AvgIpc) is 3.28. The molecule has 0 amide bonds. The smallest absolute Gasteiger partial charge is 0.191 e.